The molecule has 0 unspecified atom stereocenters. The number of phenols is 2. The lowest BCUT2D eigenvalue weighted by molar-refractivity contribution is 0.181. The molecule has 3 rings (SSSR count). The third kappa shape index (κ3) is 3.93. The van der Waals surface area contributed by atoms with E-state index in [1.807, 2.05) is 56.3 Å². The Kier molecular flexibility index (Phi) is 6.49. The molecule has 158 valence electrons. The van der Waals surface area contributed by atoms with Crippen molar-refractivity contribution in [3.8, 4) is 11.5 Å². The van der Waals surface area contributed by atoms with Gasteiger partial charge in [0.15, 0.2) is 0 Å². The lowest BCUT2D eigenvalue weighted by atomic mass is 9.69. The number of rotatable bonds is 7. The summed E-state index contributed by atoms with van der Waals surface area (Å²) in [7, 11) is 3.25. The molecule has 0 spiro atoms. The Morgan fingerprint density at radius 2 is 1.13 bits per heavy atom. The van der Waals surface area contributed by atoms with Gasteiger partial charge in [-0.1, -0.05) is 42.5 Å². The third-order valence-electron chi connectivity index (χ3n) is 5.86. The van der Waals surface area contributed by atoms with Crippen LogP contribution in [0, 0.1) is 13.8 Å². The first-order chi connectivity index (χ1) is 14.3. The number of hydrogen-bond donors (Lipinski definition) is 2. The van der Waals surface area contributed by atoms with Crippen molar-refractivity contribution in [2.24, 2.45) is 0 Å². The van der Waals surface area contributed by atoms with E-state index in [9.17, 15) is 10.2 Å². The van der Waals surface area contributed by atoms with Crippen molar-refractivity contribution in [1.82, 2.24) is 0 Å². The van der Waals surface area contributed by atoms with Crippen molar-refractivity contribution < 1.29 is 19.7 Å². The minimum Gasteiger partial charge on any atom is -0.507 e. The molecule has 4 heteroatoms. The molecule has 0 heterocycles. The molecule has 3 aromatic rings. The van der Waals surface area contributed by atoms with Crippen LogP contribution < -0.4 is 0 Å². The molecule has 0 bridgehead atoms. The van der Waals surface area contributed by atoms with Gasteiger partial charge < -0.3 is 19.7 Å². The van der Waals surface area contributed by atoms with E-state index >= 15 is 0 Å². The predicted octanol–water partition coefficient (Wildman–Crippen LogP) is 5.36. The van der Waals surface area contributed by atoms with Gasteiger partial charge in [0.05, 0.1) is 13.2 Å². The molecule has 30 heavy (non-hydrogen) atoms. The molecule has 0 atom stereocenters. The number of hydrogen-bond acceptors (Lipinski definition) is 4. The van der Waals surface area contributed by atoms with Crippen LogP contribution in [0.4, 0.5) is 0 Å². The quantitative estimate of drug-likeness (QED) is 0.519. The van der Waals surface area contributed by atoms with Crippen LogP contribution in [0.5, 0.6) is 11.5 Å². The van der Waals surface area contributed by atoms with E-state index in [-0.39, 0.29) is 11.5 Å². The lowest BCUT2D eigenvalue weighted by Gasteiger charge is -2.33. The second-order valence-electron chi connectivity index (χ2n) is 7.96. The lowest BCUT2D eigenvalue weighted by Crippen LogP contribution is -2.26. The number of benzene rings is 3. The SMILES string of the molecule is COCc1cc(C(C)(c2ccccc2)c2cc(C)c(O)c(COC)c2)cc(C)c1O. The Balaban J connectivity index is 2.33. The Labute approximate surface area is 178 Å². The largest absolute Gasteiger partial charge is 0.507 e. The maximum atomic E-state index is 10.5. The smallest absolute Gasteiger partial charge is 0.124 e. The molecule has 0 aliphatic heterocycles. The second-order valence-corrected chi connectivity index (χ2v) is 7.96. The van der Waals surface area contributed by atoms with E-state index in [0.717, 1.165) is 38.9 Å². The average molecular weight is 407 g/mol. The van der Waals surface area contributed by atoms with Crippen molar-refractivity contribution in [2.45, 2.75) is 39.4 Å². The molecule has 0 saturated carbocycles. The first-order valence-electron chi connectivity index (χ1n) is 10.0. The molecule has 0 aromatic heterocycles. The van der Waals surface area contributed by atoms with Crippen LogP contribution in [0.15, 0.2) is 54.6 Å². The van der Waals surface area contributed by atoms with Crippen LogP contribution in [0.25, 0.3) is 0 Å². The zero-order valence-corrected chi connectivity index (χ0v) is 18.3. The molecular formula is C26H30O4. The number of aromatic hydroxyl groups is 2. The highest BCUT2D eigenvalue weighted by atomic mass is 16.5. The third-order valence-corrected chi connectivity index (χ3v) is 5.86. The van der Waals surface area contributed by atoms with Gasteiger partial charge in [-0.15, -0.1) is 0 Å². The maximum Gasteiger partial charge on any atom is 0.124 e. The van der Waals surface area contributed by atoms with E-state index in [0.29, 0.717) is 13.2 Å². The Morgan fingerprint density at radius 3 is 1.53 bits per heavy atom. The molecular weight excluding hydrogens is 376 g/mol. The van der Waals surface area contributed by atoms with Crippen molar-refractivity contribution in [2.75, 3.05) is 14.2 Å². The molecule has 0 radical (unpaired) electrons. The van der Waals surface area contributed by atoms with Gasteiger partial charge in [-0.3, -0.25) is 0 Å². The second kappa shape index (κ2) is 8.90. The van der Waals surface area contributed by atoms with Crippen LogP contribution in [0.1, 0.15) is 45.9 Å². The minimum atomic E-state index is -0.511. The predicted molar refractivity (Wildman–Crippen MR) is 119 cm³/mol. The molecule has 2 N–H and O–H groups in total. The average Bonchev–Trinajstić information content (AvgIpc) is 2.74. The first kappa shape index (κ1) is 21.9. The molecule has 0 aliphatic carbocycles. The first-order valence-corrected chi connectivity index (χ1v) is 10.0. The molecule has 0 aliphatic rings. The van der Waals surface area contributed by atoms with Gasteiger partial charge in [0.25, 0.3) is 0 Å². The fourth-order valence-corrected chi connectivity index (χ4v) is 4.09. The van der Waals surface area contributed by atoms with Gasteiger partial charge >= 0.3 is 0 Å². The van der Waals surface area contributed by atoms with Gasteiger partial charge in [0.1, 0.15) is 11.5 Å². The summed E-state index contributed by atoms with van der Waals surface area (Å²) in [5.41, 5.74) is 5.80. The van der Waals surface area contributed by atoms with Crippen LogP contribution in [0.3, 0.4) is 0 Å². The summed E-state index contributed by atoms with van der Waals surface area (Å²) in [5.74, 6) is 0.524. The Hall–Kier alpha value is -2.82. The summed E-state index contributed by atoms with van der Waals surface area (Å²) in [4.78, 5) is 0. The van der Waals surface area contributed by atoms with Crippen LogP contribution in [0.2, 0.25) is 0 Å². The minimum absolute atomic E-state index is 0.262. The summed E-state index contributed by atoms with van der Waals surface area (Å²) in [5, 5.41) is 21.0. The zero-order chi connectivity index (χ0) is 21.9. The van der Waals surface area contributed by atoms with Gasteiger partial charge in [0.2, 0.25) is 0 Å². The summed E-state index contributed by atoms with van der Waals surface area (Å²) in [6.07, 6.45) is 0. The van der Waals surface area contributed by atoms with E-state index in [4.69, 9.17) is 9.47 Å². The highest BCUT2D eigenvalue weighted by Gasteiger charge is 2.33. The number of ether oxygens (including phenoxy) is 2. The summed E-state index contributed by atoms with van der Waals surface area (Å²) in [6, 6.07) is 18.3. The number of methoxy groups -OCH3 is 2. The Bertz CT molecular complexity index is 963. The van der Waals surface area contributed by atoms with Crippen LogP contribution in [-0.2, 0) is 28.1 Å². The highest BCUT2D eigenvalue weighted by molar-refractivity contribution is 5.57. The summed E-state index contributed by atoms with van der Waals surface area (Å²) in [6.45, 7) is 6.64. The Morgan fingerprint density at radius 1 is 0.700 bits per heavy atom. The normalized spacial score (nSPS) is 11.6. The maximum absolute atomic E-state index is 10.5. The van der Waals surface area contributed by atoms with Gasteiger partial charge in [0, 0.05) is 30.8 Å². The topological polar surface area (TPSA) is 58.9 Å². The molecule has 0 fully saturated rings. The fourth-order valence-electron chi connectivity index (χ4n) is 4.09. The van der Waals surface area contributed by atoms with E-state index < -0.39 is 5.41 Å². The number of aryl methyl sites for hydroxylation is 2. The van der Waals surface area contributed by atoms with Crippen molar-refractivity contribution in [3.63, 3.8) is 0 Å². The fraction of sp³-hybridized carbons (Fsp3) is 0.308. The summed E-state index contributed by atoms with van der Waals surface area (Å²) >= 11 is 0. The van der Waals surface area contributed by atoms with Crippen LogP contribution >= 0.6 is 0 Å². The molecule has 3 aromatic carbocycles. The van der Waals surface area contributed by atoms with Crippen molar-refractivity contribution in [3.05, 3.63) is 93.5 Å². The summed E-state index contributed by atoms with van der Waals surface area (Å²) < 4.78 is 10.6. The van der Waals surface area contributed by atoms with Gasteiger partial charge in [-0.2, -0.15) is 0 Å². The van der Waals surface area contributed by atoms with Crippen molar-refractivity contribution >= 4 is 0 Å². The molecule has 0 amide bonds. The molecule has 4 nitrogen and oxygen atoms in total. The standard InChI is InChI=1S/C26H30O4/c1-17-11-22(13-19(15-29-4)24(17)27)26(3,21-9-7-6-8-10-21)23-12-18(2)25(28)20(14-23)16-30-5/h6-14,27-28H,15-16H2,1-5H3. The van der Waals surface area contributed by atoms with Crippen molar-refractivity contribution in [1.29, 1.82) is 0 Å². The monoisotopic (exact) mass is 406 g/mol. The number of phenolic OH excluding ortho intramolecular Hbond substituents is 2. The van der Waals surface area contributed by atoms with Gasteiger partial charge in [-0.05, 0) is 60.7 Å². The van der Waals surface area contributed by atoms with E-state index in [1.54, 1.807) is 14.2 Å². The van der Waals surface area contributed by atoms with Gasteiger partial charge in [-0.25, -0.2) is 0 Å². The molecule has 0 saturated heterocycles. The van der Waals surface area contributed by atoms with Crippen LogP contribution in [-0.4, -0.2) is 24.4 Å². The van der Waals surface area contributed by atoms with E-state index in [1.165, 1.54) is 0 Å². The van der Waals surface area contributed by atoms with E-state index in [2.05, 4.69) is 19.1 Å². The highest BCUT2D eigenvalue weighted by Crippen LogP contribution is 2.43. The zero-order valence-electron chi connectivity index (χ0n) is 18.3.